The number of sulfonamides is 1. The average Bonchev–Trinajstić information content (AvgIpc) is 3.25. The number of rotatable bonds is 7. The van der Waals surface area contributed by atoms with E-state index in [9.17, 15) is 18.3 Å². The topological polar surface area (TPSA) is 109 Å². The molecule has 0 saturated heterocycles. The van der Waals surface area contributed by atoms with E-state index in [1.807, 2.05) is 70.3 Å². The number of carboxylic acids is 1. The first-order valence-electron chi connectivity index (χ1n) is 13.1. The molecule has 0 saturated carbocycles. The molecule has 0 bridgehead atoms. The number of anilines is 1. The first-order valence-corrected chi connectivity index (χ1v) is 14.5. The van der Waals surface area contributed by atoms with E-state index in [0.717, 1.165) is 44.5 Å². The molecular weight excluding hydrogens is 514 g/mol. The fourth-order valence-electron chi connectivity index (χ4n) is 5.52. The van der Waals surface area contributed by atoms with Crippen LogP contribution < -0.4 is 4.90 Å². The summed E-state index contributed by atoms with van der Waals surface area (Å²) in [7, 11) is -1.91. The van der Waals surface area contributed by atoms with E-state index in [-0.39, 0.29) is 13.0 Å². The van der Waals surface area contributed by atoms with E-state index in [0.29, 0.717) is 24.5 Å². The van der Waals surface area contributed by atoms with Gasteiger partial charge in [-0.2, -0.15) is 4.31 Å². The van der Waals surface area contributed by atoms with Crippen molar-refractivity contribution in [2.24, 2.45) is 7.05 Å². The van der Waals surface area contributed by atoms with Gasteiger partial charge in [0.2, 0.25) is 10.0 Å². The van der Waals surface area contributed by atoms with E-state index < -0.39 is 21.9 Å². The Balaban J connectivity index is 1.55. The van der Waals surface area contributed by atoms with Crippen molar-refractivity contribution in [2.75, 3.05) is 24.5 Å². The average molecular weight is 548 g/mol. The molecule has 1 N–H and O–H groups in total. The van der Waals surface area contributed by atoms with Crippen LogP contribution in [0.15, 0.2) is 59.5 Å². The Bertz CT molecular complexity index is 1660. The standard InChI is InChI=1S/C29H33N5O4S/c1-5-33-14-15-34(39(37,38)27-9-7-6-8-25(27)33)18-22-16-21(11-10-19(22)2)24(17-28(35)36)23-12-13-26-29(20(23)3)30-31-32(26)4/h6-13,16,24H,5,14-15,17-18H2,1-4H3,(H,35,36). The third kappa shape index (κ3) is 4.90. The van der Waals surface area contributed by atoms with Gasteiger partial charge in [0.25, 0.3) is 0 Å². The zero-order valence-corrected chi connectivity index (χ0v) is 23.4. The number of carboxylic acid groups (broad SMARTS) is 1. The fourth-order valence-corrected chi connectivity index (χ4v) is 7.14. The summed E-state index contributed by atoms with van der Waals surface area (Å²) in [5.74, 6) is -1.34. The molecule has 3 aromatic carbocycles. The maximum absolute atomic E-state index is 13.8. The summed E-state index contributed by atoms with van der Waals surface area (Å²) in [4.78, 5) is 14.4. The highest BCUT2D eigenvalue weighted by Crippen LogP contribution is 2.36. The van der Waals surface area contributed by atoms with Gasteiger partial charge in [0, 0.05) is 39.1 Å². The lowest BCUT2D eigenvalue weighted by molar-refractivity contribution is -0.137. The molecular formula is C29H33N5O4S. The minimum Gasteiger partial charge on any atom is -0.481 e. The van der Waals surface area contributed by atoms with Gasteiger partial charge in [0.15, 0.2) is 0 Å². The van der Waals surface area contributed by atoms with Crippen LogP contribution in [0.4, 0.5) is 5.69 Å². The Labute approximate surface area is 228 Å². The minimum atomic E-state index is -3.73. The van der Waals surface area contributed by atoms with Crippen LogP contribution in [-0.4, -0.2) is 58.4 Å². The highest BCUT2D eigenvalue weighted by Gasteiger charge is 2.32. The van der Waals surface area contributed by atoms with Gasteiger partial charge in [-0.05, 0) is 66.8 Å². The van der Waals surface area contributed by atoms with E-state index in [4.69, 9.17) is 0 Å². The third-order valence-corrected chi connectivity index (χ3v) is 9.67. The van der Waals surface area contributed by atoms with E-state index in [1.165, 1.54) is 4.31 Å². The number of aliphatic carboxylic acids is 1. The summed E-state index contributed by atoms with van der Waals surface area (Å²) in [6.45, 7) is 7.78. The van der Waals surface area contributed by atoms with Crippen molar-refractivity contribution in [3.05, 3.63) is 82.4 Å². The molecule has 1 aromatic heterocycles. The van der Waals surface area contributed by atoms with Crippen LogP contribution in [0.5, 0.6) is 0 Å². The normalized spacial score (nSPS) is 16.2. The molecule has 204 valence electrons. The van der Waals surface area contributed by atoms with Crippen molar-refractivity contribution >= 4 is 32.7 Å². The van der Waals surface area contributed by atoms with Gasteiger partial charge >= 0.3 is 5.97 Å². The van der Waals surface area contributed by atoms with Crippen molar-refractivity contribution < 1.29 is 18.3 Å². The highest BCUT2D eigenvalue weighted by molar-refractivity contribution is 7.89. The van der Waals surface area contributed by atoms with Crippen LogP contribution in [0, 0.1) is 13.8 Å². The highest BCUT2D eigenvalue weighted by atomic mass is 32.2. The van der Waals surface area contributed by atoms with Crippen molar-refractivity contribution in [3.8, 4) is 0 Å². The molecule has 10 heteroatoms. The molecule has 0 radical (unpaired) electrons. The van der Waals surface area contributed by atoms with E-state index in [1.54, 1.807) is 16.8 Å². The maximum Gasteiger partial charge on any atom is 0.304 e. The van der Waals surface area contributed by atoms with Gasteiger partial charge in [-0.1, -0.05) is 41.6 Å². The second-order valence-electron chi connectivity index (χ2n) is 10.1. The fraction of sp³-hybridized carbons (Fsp3) is 0.345. The van der Waals surface area contributed by atoms with Gasteiger partial charge in [-0.25, -0.2) is 13.1 Å². The van der Waals surface area contributed by atoms with Crippen LogP contribution in [0.2, 0.25) is 0 Å². The number of fused-ring (bicyclic) bond motifs is 2. The van der Waals surface area contributed by atoms with E-state index in [2.05, 4.69) is 15.2 Å². The molecule has 2 heterocycles. The summed E-state index contributed by atoms with van der Waals surface area (Å²) in [5, 5.41) is 18.2. The predicted octanol–water partition coefficient (Wildman–Crippen LogP) is 4.22. The van der Waals surface area contributed by atoms with Gasteiger partial charge in [-0.15, -0.1) is 5.10 Å². The molecule has 1 aliphatic heterocycles. The molecule has 0 amide bonds. The van der Waals surface area contributed by atoms with Crippen molar-refractivity contribution in [3.63, 3.8) is 0 Å². The van der Waals surface area contributed by atoms with Crippen molar-refractivity contribution in [2.45, 2.75) is 44.6 Å². The summed E-state index contributed by atoms with van der Waals surface area (Å²) in [6, 6.07) is 16.9. The molecule has 5 rings (SSSR count). The number of likely N-dealkylation sites (N-methyl/N-ethyl adjacent to an activating group) is 1. The Morgan fingerprint density at radius 3 is 2.59 bits per heavy atom. The molecule has 1 atom stereocenters. The lowest BCUT2D eigenvalue weighted by atomic mass is 9.84. The number of benzene rings is 3. The summed E-state index contributed by atoms with van der Waals surface area (Å²) in [6.07, 6.45) is -0.101. The number of carbonyl (C=O) groups is 1. The molecule has 39 heavy (non-hydrogen) atoms. The number of hydrogen-bond acceptors (Lipinski definition) is 6. The molecule has 4 aromatic rings. The molecule has 0 fully saturated rings. The van der Waals surface area contributed by atoms with E-state index >= 15 is 0 Å². The number of aryl methyl sites for hydroxylation is 3. The van der Waals surface area contributed by atoms with Crippen LogP contribution in [0.25, 0.3) is 11.0 Å². The Hall–Kier alpha value is -3.76. The Morgan fingerprint density at radius 2 is 1.85 bits per heavy atom. The SMILES string of the molecule is CCN1CCN(Cc2cc(C(CC(=O)O)c3ccc4c(nnn4C)c3C)ccc2C)S(=O)(=O)c2ccccc21. The molecule has 0 aliphatic carbocycles. The monoisotopic (exact) mass is 547 g/mol. The number of aromatic nitrogens is 3. The first-order chi connectivity index (χ1) is 18.6. The predicted molar refractivity (Wildman–Crippen MR) is 150 cm³/mol. The number of hydrogen-bond donors (Lipinski definition) is 1. The third-order valence-electron chi connectivity index (χ3n) is 7.78. The van der Waals surface area contributed by atoms with Crippen LogP contribution in [-0.2, 0) is 28.4 Å². The Morgan fingerprint density at radius 1 is 1.08 bits per heavy atom. The smallest absolute Gasteiger partial charge is 0.304 e. The van der Waals surface area contributed by atoms with Gasteiger partial charge in [-0.3, -0.25) is 4.79 Å². The van der Waals surface area contributed by atoms with Crippen LogP contribution >= 0.6 is 0 Å². The molecule has 9 nitrogen and oxygen atoms in total. The summed E-state index contributed by atoms with van der Waals surface area (Å²) in [5.41, 5.74) is 6.74. The van der Waals surface area contributed by atoms with Crippen LogP contribution in [0.3, 0.4) is 0 Å². The minimum absolute atomic E-state index is 0.101. The second kappa shape index (κ2) is 10.4. The van der Waals surface area contributed by atoms with Crippen LogP contribution in [0.1, 0.15) is 47.1 Å². The maximum atomic E-state index is 13.8. The van der Waals surface area contributed by atoms with Gasteiger partial charge in [0.1, 0.15) is 10.4 Å². The lowest BCUT2D eigenvalue weighted by Gasteiger charge is -2.24. The zero-order valence-electron chi connectivity index (χ0n) is 22.6. The summed E-state index contributed by atoms with van der Waals surface area (Å²) >= 11 is 0. The first kappa shape index (κ1) is 26.8. The molecule has 0 spiro atoms. The van der Waals surface area contributed by atoms with Gasteiger partial charge in [0.05, 0.1) is 17.6 Å². The van der Waals surface area contributed by atoms with Crippen molar-refractivity contribution in [1.82, 2.24) is 19.3 Å². The molecule has 1 aliphatic rings. The molecule has 1 unspecified atom stereocenters. The lowest BCUT2D eigenvalue weighted by Crippen LogP contribution is -2.34. The Kier molecular flexibility index (Phi) is 7.17. The number of para-hydroxylation sites is 1. The summed E-state index contributed by atoms with van der Waals surface area (Å²) < 4.78 is 30.8. The second-order valence-corrected chi connectivity index (χ2v) is 12.0. The number of nitrogens with zero attached hydrogens (tertiary/aromatic N) is 5. The zero-order chi connectivity index (χ0) is 27.9. The van der Waals surface area contributed by atoms with Gasteiger partial charge < -0.3 is 10.0 Å². The quantitative estimate of drug-likeness (QED) is 0.369. The van der Waals surface area contributed by atoms with Crippen molar-refractivity contribution in [1.29, 1.82) is 0 Å². The largest absolute Gasteiger partial charge is 0.481 e.